The summed E-state index contributed by atoms with van der Waals surface area (Å²) in [5.41, 5.74) is 3.71. The highest BCUT2D eigenvalue weighted by atomic mass is 32.2. The van der Waals surface area contributed by atoms with Gasteiger partial charge >= 0.3 is 0 Å². The summed E-state index contributed by atoms with van der Waals surface area (Å²) < 4.78 is 5.51. The third-order valence-corrected chi connectivity index (χ3v) is 6.45. The number of aryl methyl sites for hydroxylation is 1. The van der Waals surface area contributed by atoms with Gasteiger partial charge in [-0.05, 0) is 60.9 Å². The lowest BCUT2D eigenvalue weighted by atomic mass is 10.1. The van der Waals surface area contributed by atoms with Crippen molar-refractivity contribution in [1.82, 2.24) is 0 Å². The van der Waals surface area contributed by atoms with Crippen LogP contribution in [-0.4, -0.2) is 24.2 Å². The number of anilines is 2. The number of thioether (sulfide) groups is 1. The first-order valence-electron chi connectivity index (χ1n) is 10.7. The Balaban J connectivity index is 1.45. The summed E-state index contributed by atoms with van der Waals surface area (Å²) in [6, 6.07) is 25.3. The smallest absolute Gasteiger partial charge is 0.238 e. The minimum Gasteiger partial charge on any atom is -0.494 e. The Morgan fingerprint density at radius 1 is 1.06 bits per heavy atom. The maximum atomic E-state index is 12.7. The van der Waals surface area contributed by atoms with E-state index in [1.165, 1.54) is 0 Å². The third-order valence-electron chi connectivity index (χ3n) is 5.23. The Morgan fingerprint density at radius 3 is 2.59 bits per heavy atom. The molecule has 4 rings (SSSR count). The van der Waals surface area contributed by atoms with Crippen molar-refractivity contribution in [2.24, 2.45) is 0 Å². The van der Waals surface area contributed by atoms with Gasteiger partial charge in [-0.3, -0.25) is 14.5 Å². The van der Waals surface area contributed by atoms with Crippen molar-refractivity contribution in [3.05, 3.63) is 90.0 Å². The minimum atomic E-state index is -0.137. The molecule has 1 fully saturated rings. The Labute approximate surface area is 192 Å². The van der Waals surface area contributed by atoms with Gasteiger partial charge in [0, 0.05) is 17.8 Å². The fourth-order valence-electron chi connectivity index (χ4n) is 3.72. The molecule has 0 unspecified atom stereocenters. The number of carbonyl (C=O) groups excluding carboxylic acids is 2. The molecule has 32 heavy (non-hydrogen) atoms. The first-order chi connectivity index (χ1) is 15.6. The molecule has 1 atom stereocenters. The molecule has 6 heteroatoms. The van der Waals surface area contributed by atoms with Crippen LogP contribution < -0.4 is 15.0 Å². The van der Waals surface area contributed by atoms with Gasteiger partial charge in [0.2, 0.25) is 11.8 Å². The monoisotopic (exact) mass is 446 g/mol. The van der Waals surface area contributed by atoms with E-state index in [0.717, 1.165) is 28.3 Å². The van der Waals surface area contributed by atoms with Crippen LogP contribution in [0.5, 0.6) is 5.75 Å². The standard InChI is InChI=1S/C26H26N2O3S/c1-2-31-23-14-12-22(13-15-23)28-25(30)18-32-26(28)20-9-6-10-21(17-20)27-24(29)16-11-19-7-4-3-5-8-19/h3-10,12-15,17,26H,2,11,16,18H2,1H3,(H,27,29)/t26-/m0/s1. The number of nitrogens with one attached hydrogen (secondary N) is 1. The number of benzene rings is 3. The predicted molar refractivity (Wildman–Crippen MR) is 130 cm³/mol. The van der Waals surface area contributed by atoms with Crippen LogP contribution in [0.2, 0.25) is 0 Å². The van der Waals surface area contributed by atoms with Crippen LogP contribution in [-0.2, 0) is 16.0 Å². The molecule has 0 aromatic heterocycles. The van der Waals surface area contributed by atoms with Crippen LogP contribution in [0.25, 0.3) is 0 Å². The maximum Gasteiger partial charge on any atom is 0.238 e. The molecule has 1 saturated heterocycles. The molecule has 1 heterocycles. The van der Waals surface area contributed by atoms with Gasteiger partial charge in [-0.1, -0.05) is 42.5 Å². The third kappa shape index (κ3) is 5.32. The van der Waals surface area contributed by atoms with Crippen molar-refractivity contribution in [3.63, 3.8) is 0 Å². The van der Waals surface area contributed by atoms with Gasteiger partial charge in [-0.2, -0.15) is 0 Å². The maximum absolute atomic E-state index is 12.7. The van der Waals surface area contributed by atoms with Gasteiger partial charge in [-0.25, -0.2) is 0 Å². The van der Waals surface area contributed by atoms with E-state index < -0.39 is 0 Å². The van der Waals surface area contributed by atoms with E-state index in [9.17, 15) is 9.59 Å². The van der Waals surface area contributed by atoms with Crippen molar-refractivity contribution in [2.75, 3.05) is 22.6 Å². The molecule has 0 bridgehead atoms. The summed E-state index contributed by atoms with van der Waals surface area (Å²) in [5.74, 6) is 1.25. The molecule has 0 radical (unpaired) electrons. The molecule has 0 aliphatic carbocycles. The molecule has 1 aliphatic rings. The van der Waals surface area contributed by atoms with Crippen molar-refractivity contribution in [1.29, 1.82) is 0 Å². The van der Waals surface area contributed by atoms with Crippen LogP contribution in [0, 0.1) is 0 Å². The number of hydrogen-bond donors (Lipinski definition) is 1. The van der Waals surface area contributed by atoms with Crippen molar-refractivity contribution < 1.29 is 14.3 Å². The van der Waals surface area contributed by atoms with Gasteiger partial charge < -0.3 is 10.1 Å². The van der Waals surface area contributed by atoms with E-state index in [1.54, 1.807) is 11.8 Å². The van der Waals surface area contributed by atoms with Gasteiger partial charge in [0.05, 0.1) is 12.4 Å². The van der Waals surface area contributed by atoms with Crippen molar-refractivity contribution in [2.45, 2.75) is 25.1 Å². The molecule has 3 aromatic rings. The molecule has 3 aromatic carbocycles. The van der Waals surface area contributed by atoms with E-state index in [2.05, 4.69) is 5.32 Å². The number of nitrogens with zero attached hydrogens (tertiary/aromatic N) is 1. The van der Waals surface area contributed by atoms with Crippen molar-refractivity contribution in [3.8, 4) is 5.75 Å². The lowest BCUT2D eigenvalue weighted by Gasteiger charge is -2.25. The highest BCUT2D eigenvalue weighted by molar-refractivity contribution is 8.00. The summed E-state index contributed by atoms with van der Waals surface area (Å²) in [6.45, 7) is 2.54. The SMILES string of the molecule is CCOc1ccc(N2C(=O)CS[C@H]2c2cccc(NC(=O)CCc3ccccc3)c2)cc1. The molecule has 5 nitrogen and oxygen atoms in total. The lowest BCUT2D eigenvalue weighted by Crippen LogP contribution is -2.27. The van der Waals surface area contributed by atoms with E-state index in [-0.39, 0.29) is 17.2 Å². The molecule has 0 saturated carbocycles. The first kappa shape index (κ1) is 22.0. The normalized spacial score (nSPS) is 15.6. The van der Waals surface area contributed by atoms with Gasteiger partial charge in [0.15, 0.2) is 0 Å². The highest BCUT2D eigenvalue weighted by Crippen LogP contribution is 2.42. The zero-order chi connectivity index (χ0) is 22.3. The second-order valence-corrected chi connectivity index (χ2v) is 8.58. The van der Waals surface area contributed by atoms with E-state index in [1.807, 2.05) is 90.7 Å². The topological polar surface area (TPSA) is 58.6 Å². The Morgan fingerprint density at radius 2 is 1.84 bits per heavy atom. The summed E-state index contributed by atoms with van der Waals surface area (Å²) >= 11 is 1.59. The van der Waals surface area contributed by atoms with E-state index in [0.29, 0.717) is 25.2 Å². The average molecular weight is 447 g/mol. The van der Waals surface area contributed by atoms with Crippen LogP contribution in [0.15, 0.2) is 78.9 Å². The molecule has 1 aliphatic heterocycles. The lowest BCUT2D eigenvalue weighted by molar-refractivity contribution is -0.116. The summed E-state index contributed by atoms with van der Waals surface area (Å²) in [5, 5.41) is 2.86. The molecule has 2 amide bonds. The zero-order valence-electron chi connectivity index (χ0n) is 18.0. The Bertz CT molecular complexity index is 1070. The fourth-order valence-corrected chi connectivity index (χ4v) is 4.88. The van der Waals surface area contributed by atoms with Gasteiger partial charge in [0.25, 0.3) is 0 Å². The summed E-state index contributed by atoms with van der Waals surface area (Å²) in [7, 11) is 0. The largest absolute Gasteiger partial charge is 0.494 e. The van der Waals surface area contributed by atoms with Crippen LogP contribution in [0.4, 0.5) is 11.4 Å². The Kier molecular flexibility index (Phi) is 7.12. The average Bonchev–Trinajstić information content (AvgIpc) is 3.21. The van der Waals surface area contributed by atoms with Gasteiger partial charge in [0.1, 0.15) is 11.1 Å². The second kappa shape index (κ2) is 10.4. The second-order valence-electron chi connectivity index (χ2n) is 7.51. The number of rotatable bonds is 8. The molecule has 0 spiro atoms. The number of hydrogen-bond acceptors (Lipinski definition) is 4. The van der Waals surface area contributed by atoms with Crippen LogP contribution in [0.3, 0.4) is 0 Å². The summed E-state index contributed by atoms with van der Waals surface area (Å²) in [6.07, 6.45) is 1.12. The van der Waals surface area contributed by atoms with E-state index in [4.69, 9.17) is 4.74 Å². The molecular weight excluding hydrogens is 420 g/mol. The summed E-state index contributed by atoms with van der Waals surface area (Å²) in [4.78, 5) is 26.9. The van der Waals surface area contributed by atoms with Crippen molar-refractivity contribution >= 4 is 35.0 Å². The highest BCUT2D eigenvalue weighted by Gasteiger charge is 2.34. The predicted octanol–water partition coefficient (Wildman–Crippen LogP) is 5.44. The molecular formula is C26H26N2O3S. The van der Waals surface area contributed by atoms with Gasteiger partial charge in [-0.15, -0.1) is 11.8 Å². The van der Waals surface area contributed by atoms with E-state index >= 15 is 0 Å². The quantitative estimate of drug-likeness (QED) is 0.501. The van der Waals surface area contributed by atoms with Crippen LogP contribution in [0.1, 0.15) is 29.8 Å². The molecule has 1 N–H and O–H groups in total. The number of ether oxygens (including phenoxy) is 1. The molecule has 164 valence electrons. The Hall–Kier alpha value is -3.25. The number of amides is 2. The first-order valence-corrected chi connectivity index (χ1v) is 11.8. The number of carbonyl (C=O) groups is 2. The van der Waals surface area contributed by atoms with Crippen LogP contribution >= 0.6 is 11.8 Å². The zero-order valence-corrected chi connectivity index (χ0v) is 18.8. The fraction of sp³-hybridized carbons (Fsp3) is 0.231. The minimum absolute atomic E-state index is 0.0236.